The fourth-order valence-electron chi connectivity index (χ4n) is 2.88. The summed E-state index contributed by atoms with van der Waals surface area (Å²) in [6.07, 6.45) is 4.98. The van der Waals surface area contributed by atoms with Gasteiger partial charge in [0.05, 0.1) is 5.60 Å². The number of nitrogens with zero attached hydrogens (tertiary/aromatic N) is 1. The van der Waals surface area contributed by atoms with E-state index >= 15 is 0 Å². The van der Waals surface area contributed by atoms with Crippen molar-refractivity contribution in [1.29, 1.82) is 0 Å². The van der Waals surface area contributed by atoms with Crippen molar-refractivity contribution in [3.8, 4) is 0 Å². The van der Waals surface area contributed by atoms with Crippen molar-refractivity contribution >= 4 is 10.9 Å². The van der Waals surface area contributed by atoms with Crippen molar-refractivity contribution in [2.24, 2.45) is 0 Å². The number of aliphatic hydroxyl groups is 1. The molecule has 1 aromatic heterocycles. The number of fused-ring (bicyclic) bond motifs is 1. The summed E-state index contributed by atoms with van der Waals surface area (Å²) in [6, 6.07) is 8.46. The highest BCUT2D eigenvalue weighted by molar-refractivity contribution is 5.83. The number of para-hydroxylation sites is 1. The summed E-state index contributed by atoms with van der Waals surface area (Å²) in [5.41, 5.74) is 2.17. The second-order valence-corrected chi connectivity index (χ2v) is 5.95. The molecule has 3 heteroatoms. The Bertz CT molecular complexity index is 549. The first-order chi connectivity index (χ1) is 9.14. The first kappa shape index (κ1) is 12.7. The van der Waals surface area contributed by atoms with Gasteiger partial charge >= 0.3 is 0 Å². The highest BCUT2D eigenvalue weighted by atomic mass is 16.3. The smallest absolute Gasteiger partial charge is 0.0644 e. The first-order valence-corrected chi connectivity index (χ1v) is 7.14. The van der Waals surface area contributed by atoms with E-state index in [1.54, 1.807) is 0 Å². The topological polar surface area (TPSA) is 39.3 Å². The fourth-order valence-corrected chi connectivity index (χ4v) is 2.88. The third-order valence-corrected chi connectivity index (χ3v) is 4.31. The van der Waals surface area contributed by atoms with Crippen LogP contribution in [0.2, 0.25) is 0 Å². The molecule has 0 bridgehead atoms. The number of likely N-dealkylation sites (tertiary alicyclic amines) is 1. The molecule has 1 saturated heterocycles. The van der Waals surface area contributed by atoms with Crippen LogP contribution in [-0.4, -0.2) is 40.2 Å². The molecule has 3 nitrogen and oxygen atoms in total. The molecule has 1 aliphatic rings. The van der Waals surface area contributed by atoms with Gasteiger partial charge in [0, 0.05) is 36.7 Å². The second kappa shape index (κ2) is 4.99. The molecule has 3 rings (SSSR count). The van der Waals surface area contributed by atoms with Crippen molar-refractivity contribution in [2.75, 3.05) is 19.6 Å². The maximum Gasteiger partial charge on any atom is 0.0644 e. The summed E-state index contributed by atoms with van der Waals surface area (Å²) in [6.45, 7) is 5.05. The Hall–Kier alpha value is -1.32. The summed E-state index contributed by atoms with van der Waals surface area (Å²) < 4.78 is 0. The Morgan fingerprint density at radius 2 is 2.00 bits per heavy atom. The molecule has 0 saturated carbocycles. The number of benzene rings is 1. The molecule has 102 valence electrons. The van der Waals surface area contributed by atoms with Gasteiger partial charge in [-0.15, -0.1) is 0 Å². The summed E-state index contributed by atoms with van der Waals surface area (Å²) in [5, 5.41) is 11.3. The molecular formula is C16H22N2O. The molecule has 0 aliphatic carbocycles. The van der Waals surface area contributed by atoms with Gasteiger partial charge in [0.1, 0.15) is 0 Å². The predicted octanol–water partition coefficient (Wildman–Crippen LogP) is 2.56. The second-order valence-electron chi connectivity index (χ2n) is 5.95. The quantitative estimate of drug-likeness (QED) is 0.888. The van der Waals surface area contributed by atoms with E-state index in [4.69, 9.17) is 0 Å². The highest BCUT2D eigenvalue weighted by Crippen LogP contribution is 2.22. The molecule has 1 aliphatic heterocycles. The lowest BCUT2D eigenvalue weighted by Gasteiger charge is -2.35. The van der Waals surface area contributed by atoms with Crippen LogP contribution in [0.1, 0.15) is 25.3 Å². The van der Waals surface area contributed by atoms with Crippen molar-refractivity contribution in [3.63, 3.8) is 0 Å². The van der Waals surface area contributed by atoms with Crippen LogP contribution in [0.3, 0.4) is 0 Å². The van der Waals surface area contributed by atoms with Crippen molar-refractivity contribution < 1.29 is 5.11 Å². The van der Waals surface area contributed by atoms with Gasteiger partial charge < -0.3 is 15.0 Å². The van der Waals surface area contributed by atoms with E-state index in [2.05, 4.69) is 40.3 Å². The van der Waals surface area contributed by atoms with E-state index in [0.717, 1.165) is 38.9 Å². The SMILES string of the molecule is CC1(O)CCN(CCc2c[nH]c3ccccc23)CC1. The number of aromatic amines is 1. The van der Waals surface area contributed by atoms with E-state index in [0.29, 0.717) is 0 Å². The van der Waals surface area contributed by atoms with E-state index < -0.39 is 5.60 Å². The van der Waals surface area contributed by atoms with Crippen LogP contribution in [-0.2, 0) is 6.42 Å². The molecule has 0 unspecified atom stereocenters. The van der Waals surface area contributed by atoms with Crippen LogP contribution in [0.4, 0.5) is 0 Å². The number of H-pyrrole nitrogens is 1. The van der Waals surface area contributed by atoms with Gasteiger partial charge in [-0.1, -0.05) is 18.2 Å². The van der Waals surface area contributed by atoms with Gasteiger partial charge in [0.2, 0.25) is 0 Å². The largest absolute Gasteiger partial charge is 0.390 e. The van der Waals surface area contributed by atoms with Gasteiger partial charge in [-0.3, -0.25) is 0 Å². The average molecular weight is 258 g/mol. The standard InChI is InChI=1S/C16H22N2O/c1-16(19)7-10-18(11-8-16)9-6-13-12-17-15-5-3-2-4-14(13)15/h2-5,12,17,19H,6-11H2,1H3. The van der Waals surface area contributed by atoms with Gasteiger partial charge in [-0.2, -0.15) is 0 Å². The van der Waals surface area contributed by atoms with E-state index in [-0.39, 0.29) is 0 Å². The van der Waals surface area contributed by atoms with Crippen LogP contribution in [0.25, 0.3) is 10.9 Å². The lowest BCUT2D eigenvalue weighted by atomic mass is 9.93. The fraction of sp³-hybridized carbons (Fsp3) is 0.500. The summed E-state index contributed by atoms with van der Waals surface area (Å²) in [4.78, 5) is 5.79. The first-order valence-electron chi connectivity index (χ1n) is 7.14. The molecule has 1 aromatic carbocycles. The summed E-state index contributed by atoms with van der Waals surface area (Å²) >= 11 is 0. The molecule has 0 radical (unpaired) electrons. The normalized spacial score (nSPS) is 19.9. The monoisotopic (exact) mass is 258 g/mol. The lowest BCUT2D eigenvalue weighted by Crippen LogP contribution is -2.43. The van der Waals surface area contributed by atoms with Gasteiger partial charge in [-0.05, 0) is 37.8 Å². The number of nitrogens with one attached hydrogen (secondary N) is 1. The molecule has 0 spiro atoms. The lowest BCUT2D eigenvalue weighted by molar-refractivity contribution is -0.00490. The van der Waals surface area contributed by atoms with E-state index in [1.807, 2.05) is 6.92 Å². The highest BCUT2D eigenvalue weighted by Gasteiger charge is 2.26. The van der Waals surface area contributed by atoms with Crippen molar-refractivity contribution in [1.82, 2.24) is 9.88 Å². The van der Waals surface area contributed by atoms with E-state index in [1.165, 1.54) is 16.5 Å². The number of hydrogen-bond donors (Lipinski definition) is 2. The molecule has 19 heavy (non-hydrogen) atoms. The molecule has 2 N–H and O–H groups in total. The van der Waals surface area contributed by atoms with Crippen LogP contribution in [0.5, 0.6) is 0 Å². The zero-order valence-corrected chi connectivity index (χ0v) is 11.5. The summed E-state index contributed by atoms with van der Waals surface area (Å²) in [5.74, 6) is 0. The van der Waals surface area contributed by atoms with Gasteiger partial charge in [0.25, 0.3) is 0 Å². The Morgan fingerprint density at radius 1 is 1.26 bits per heavy atom. The zero-order valence-electron chi connectivity index (χ0n) is 11.5. The maximum absolute atomic E-state index is 9.95. The number of piperidine rings is 1. The average Bonchev–Trinajstić information content (AvgIpc) is 2.81. The Labute approximate surface area is 114 Å². The number of rotatable bonds is 3. The van der Waals surface area contributed by atoms with Crippen molar-refractivity contribution in [2.45, 2.75) is 31.8 Å². The maximum atomic E-state index is 9.95. The minimum Gasteiger partial charge on any atom is -0.390 e. The minimum atomic E-state index is -0.447. The summed E-state index contributed by atoms with van der Waals surface area (Å²) in [7, 11) is 0. The predicted molar refractivity (Wildman–Crippen MR) is 78.3 cm³/mol. The van der Waals surface area contributed by atoms with Crippen LogP contribution in [0.15, 0.2) is 30.5 Å². The molecule has 0 atom stereocenters. The molecule has 2 heterocycles. The van der Waals surface area contributed by atoms with Crippen LogP contribution >= 0.6 is 0 Å². The minimum absolute atomic E-state index is 0.447. The number of aromatic nitrogens is 1. The Morgan fingerprint density at radius 3 is 2.79 bits per heavy atom. The van der Waals surface area contributed by atoms with E-state index in [9.17, 15) is 5.11 Å². The van der Waals surface area contributed by atoms with Gasteiger partial charge in [-0.25, -0.2) is 0 Å². The molecule has 2 aromatic rings. The molecule has 1 fully saturated rings. The third-order valence-electron chi connectivity index (χ3n) is 4.31. The molecule has 0 amide bonds. The number of hydrogen-bond acceptors (Lipinski definition) is 2. The zero-order chi connectivity index (χ0) is 13.3. The Balaban J connectivity index is 1.61. The van der Waals surface area contributed by atoms with Gasteiger partial charge in [0.15, 0.2) is 0 Å². The van der Waals surface area contributed by atoms with Crippen LogP contribution < -0.4 is 0 Å². The molecular weight excluding hydrogens is 236 g/mol. The third kappa shape index (κ3) is 2.82. The van der Waals surface area contributed by atoms with Crippen molar-refractivity contribution in [3.05, 3.63) is 36.0 Å². The Kier molecular flexibility index (Phi) is 3.33. The van der Waals surface area contributed by atoms with Crippen LogP contribution in [0, 0.1) is 0 Å².